The van der Waals surface area contributed by atoms with Crippen LogP contribution in [0.4, 0.5) is 8.78 Å². The molecule has 1 atom stereocenters. The average Bonchev–Trinajstić information content (AvgIpc) is 2.80. The second-order valence-electron chi connectivity index (χ2n) is 6.07. The summed E-state index contributed by atoms with van der Waals surface area (Å²) in [5.41, 5.74) is 1.21. The van der Waals surface area contributed by atoms with E-state index in [-0.39, 0.29) is 17.9 Å². The van der Waals surface area contributed by atoms with Gasteiger partial charge in [0.2, 0.25) is 0 Å². The SMILES string of the molecule is CC(C)CC(F)(F)c1cccc(CC2CCNC2)c1. The summed E-state index contributed by atoms with van der Waals surface area (Å²) in [4.78, 5) is 0. The van der Waals surface area contributed by atoms with Crippen molar-refractivity contribution in [3.63, 3.8) is 0 Å². The van der Waals surface area contributed by atoms with Crippen molar-refractivity contribution >= 4 is 0 Å². The van der Waals surface area contributed by atoms with E-state index < -0.39 is 5.92 Å². The van der Waals surface area contributed by atoms with Crippen LogP contribution in [0.15, 0.2) is 24.3 Å². The van der Waals surface area contributed by atoms with Crippen LogP contribution >= 0.6 is 0 Å². The normalized spacial score (nSPS) is 20.2. The second kappa shape index (κ2) is 6.00. The van der Waals surface area contributed by atoms with E-state index in [1.807, 2.05) is 19.9 Å². The molecule has 2 rings (SSSR count). The molecule has 1 fully saturated rings. The van der Waals surface area contributed by atoms with Crippen LogP contribution in [0.3, 0.4) is 0 Å². The van der Waals surface area contributed by atoms with Crippen molar-refractivity contribution in [2.75, 3.05) is 13.1 Å². The van der Waals surface area contributed by atoms with Crippen molar-refractivity contribution in [2.24, 2.45) is 11.8 Å². The molecule has 1 aromatic rings. The molecule has 3 heteroatoms. The molecule has 1 saturated heterocycles. The molecule has 19 heavy (non-hydrogen) atoms. The molecule has 106 valence electrons. The van der Waals surface area contributed by atoms with Crippen molar-refractivity contribution in [3.8, 4) is 0 Å². The van der Waals surface area contributed by atoms with E-state index in [0.717, 1.165) is 31.5 Å². The Kier molecular flexibility index (Phi) is 4.56. The largest absolute Gasteiger partial charge is 0.316 e. The number of hydrogen-bond donors (Lipinski definition) is 1. The van der Waals surface area contributed by atoms with Crippen LogP contribution in [-0.2, 0) is 12.3 Å². The lowest BCUT2D eigenvalue weighted by atomic mass is 9.93. The Bertz CT molecular complexity index is 409. The molecule has 1 aliphatic heterocycles. The van der Waals surface area contributed by atoms with Gasteiger partial charge in [0.25, 0.3) is 5.92 Å². The lowest BCUT2D eigenvalue weighted by molar-refractivity contribution is -0.0250. The van der Waals surface area contributed by atoms with Gasteiger partial charge in [-0.1, -0.05) is 32.0 Å². The molecule has 1 aliphatic rings. The Morgan fingerprint density at radius 1 is 1.37 bits per heavy atom. The predicted octanol–water partition coefficient (Wildman–Crippen LogP) is 3.98. The van der Waals surface area contributed by atoms with E-state index in [9.17, 15) is 8.78 Å². The third kappa shape index (κ3) is 4.00. The van der Waals surface area contributed by atoms with Gasteiger partial charge < -0.3 is 5.32 Å². The second-order valence-corrected chi connectivity index (χ2v) is 6.07. The minimum Gasteiger partial charge on any atom is -0.316 e. The highest BCUT2D eigenvalue weighted by atomic mass is 19.3. The van der Waals surface area contributed by atoms with Crippen LogP contribution in [0.25, 0.3) is 0 Å². The van der Waals surface area contributed by atoms with Gasteiger partial charge in [-0.15, -0.1) is 0 Å². The molecule has 0 aliphatic carbocycles. The zero-order valence-electron chi connectivity index (χ0n) is 11.8. The number of nitrogens with one attached hydrogen (secondary N) is 1. The van der Waals surface area contributed by atoms with Crippen LogP contribution in [0, 0.1) is 11.8 Å². The molecule has 1 N–H and O–H groups in total. The quantitative estimate of drug-likeness (QED) is 0.851. The van der Waals surface area contributed by atoms with Crippen molar-refractivity contribution in [2.45, 2.75) is 39.0 Å². The van der Waals surface area contributed by atoms with Crippen molar-refractivity contribution in [3.05, 3.63) is 35.4 Å². The minimum atomic E-state index is -2.71. The molecule has 0 saturated carbocycles. The molecular weight excluding hydrogens is 244 g/mol. The Balaban J connectivity index is 2.09. The Hall–Kier alpha value is -0.960. The van der Waals surface area contributed by atoms with Gasteiger partial charge in [0.1, 0.15) is 0 Å². The van der Waals surface area contributed by atoms with E-state index in [4.69, 9.17) is 0 Å². The summed E-state index contributed by atoms with van der Waals surface area (Å²) in [7, 11) is 0. The van der Waals surface area contributed by atoms with Crippen LogP contribution in [0.2, 0.25) is 0 Å². The van der Waals surface area contributed by atoms with Gasteiger partial charge in [-0.25, -0.2) is 8.78 Å². The maximum absolute atomic E-state index is 14.1. The van der Waals surface area contributed by atoms with Gasteiger partial charge in [0, 0.05) is 12.0 Å². The smallest absolute Gasteiger partial charge is 0.273 e. The summed E-state index contributed by atoms with van der Waals surface area (Å²) >= 11 is 0. The summed E-state index contributed by atoms with van der Waals surface area (Å²) in [6.07, 6.45) is 1.96. The predicted molar refractivity (Wildman–Crippen MR) is 74.5 cm³/mol. The summed E-state index contributed by atoms with van der Waals surface area (Å²) in [5, 5.41) is 3.32. The minimum absolute atomic E-state index is 0.00214. The standard InChI is InChI=1S/C16H23F2N/c1-12(2)10-16(17,18)15-5-3-4-13(9-15)8-14-6-7-19-11-14/h3-5,9,12,14,19H,6-8,10-11H2,1-2H3. The van der Waals surface area contributed by atoms with Crippen molar-refractivity contribution < 1.29 is 8.78 Å². The van der Waals surface area contributed by atoms with Gasteiger partial charge in [0.15, 0.2) is 0 Å². The van der Waals surface area contributed by atoms with E-state index in [1.54, 1.807) is 18.2 Å². The van der Waals surface area contributed by atoms with Gasteiger partial charge in [-0.2, -0.15) is 0 Å². The van der Waals surface area contributed by atoms with Gasteiger partial charge in [-0.05, 0) is 49.4 Å². The lowest BCUT2D eigenvalue weighted by Gasteiger charge is -2.20. The van der Waals surface area contributed by atoms with Crippen molar-refractivity contribution in [1.82, 2.24) is 5.32 Å². The fourth-order valence-corrected chi connectivity index (χ4v) is 2.78. The first-order valence-corrected chi connectivity index (χ1v) is 7.15. The van der Waals surface area contributed by atoms with Gasteiger partial charge in [0.05, 0.1) is 0 Å². The molecule has 0 radical (unpaired) electrons. The molecule has 1 heterocycles. The highest BCUT2D eigenvalue weighted by molar-refractivity contribution is 5.27. The van der Waals surface area contributed by atoms with Crippen LogP contribution in [0.1, 0.15) is 37.8 Å². The first-order valence-electron chi connectivity index (χ1n) is 7.15. The third-order valence-corrected chi connectivity index (χ3v) is 3.70. The maximum Gasteiger partial charge on any atom is 0.273 e. The van der Waals surface area contributed by atoms with Gasteiger partial charge >= 0.3 is 0 Å². The summed E-state index contributed by atoms with van der Waals surface area (Å²) in [6, 6.07) is 6.98. The zero-order valence-corrected chi connectivity index (χ0v) is 11.8. The highest BCUT2D eigenvalue weighted by Gasteiger charge is 2.32. The number of alkyl halides is 2. The monoisotopic (exact) mass is 267 g/mol. The molecule has 1 nitrogen and oxygen atoms in total. The first-order chi connectivity index (χ1) is 8.97. The Morgan fingerprint density at radius 3 is 2.79 bits per heavy atom. The summed E-state index contributed by atoms with van der Waals surface area (Å²) in [5.74, 6) is -2.12. The fourth-order valence-electron chi connectivity index (χ4n) is 2.78. The van der Waals surface area contributed by atoms with Crippen LogP contribution in [0.5, 0.6) is 0 Å². The lowest BCUT2D eigenvalue weighted by Crippen LogP contribution is -2.17. The van der Waals surface area contributed by atoms with Crippen LogP contribution in [-0.4, -0.2) is 13.1 Å². The highest BCUT2D eigenvalue weighted by Crippen LogP contribution is 2.35. The first kappa shape index (κ1) is 14.4. The Morgan fingerprint density at radius 2 is 2.16 bits per heavy atom. The molecule has 1 aromatic carbocycles. The maximum atomic E-state index is 14.1. The topological polar surface area (TPSA) is 12.0 Å². The van der Waals surface area contributed by atoms with E-state index >= 15 is 0 Å². The average molecular weight is 267 g/mol. The molecule has 1 unspecified atom stereocenters. The van der Waals surface area contributed by atoms with E-state index in [2.05, 4.69) is 5.32 Å². The molecule has 0 spiro atoms. The number of halogens is 2. The van der Waals surface area contributed by atoms with E-state index in [0.29, 0.717) is 5.92 Å². The number of rotatable bonds is 5. The molecular formula is C16H23F2N. The summed E-state index contributed by atoms with van der Waals surface area (Å²) < 4.78 is 28.2. The van der Waals surface area contributed by atoms with Crippen molar-refractivity contribution in [1.29, 1.82) is 0 Å². The number of benzene rings is 1. The van der Waals surface area contributed by atoms with E-state index in [1.165, 1.54) is 0 Å². The molecule has 0 bridgehead atoms. The summed E-state index contributed by atoms with van der Waals surface area (Å²) in [6.45, 7) is 5.73. The third-order valence-electron chi connectivity index (χ3n) is 3.70. The van der Waals surface area contributed by atoms with Crippen LogP contribution < -0.4 is 5.32 Å². The number of hydrogen-bond acceptors (Lipinski definition) is 1. The Labute approximate surface area is 114 Å². The zero-order chi connectivity index (χ0) is 13.9. The fraction of sp³-hybridized carbons (Fsp3) is 0.625. The van der Waals surface area contributed by atoms with Gasteiger partial charge in [-0.3, -0.25) is 0 Å². The molecule has 0 aromatic heterocycles. The molecule has 0 amide bonds.